The predicted molar refractivity (Wildman–Crippen MR) is 113 cm³/mol. The minimum Gasteiger partial charge on any atom is -0.382 e. The van der Waals surface area contributed by atoms with Crippen LogP contribution in [0.2, 0.25) is 0 Å². The van der Waals surface area contributed by atoms with Crippen LogP contribution in [0.4, 0.5) is 16.2 Å². The monoisotopic (exact) mass is 423 g/mol. The molecule has 0 radical (unpaired) electrons. The first-order chi connectivity index (χ1) is 14.8. The lowest BCUT2D eigenvalue weighted by molar-refractivity contribution is -0.132. The number of nitrogens with two attached hydrogens (primary N) is 1. The van der Waals surface area contributed by atoms with Crippen molar-refractivity contribution in [1.82, 2.24) is 34.1 Å². The lowest BCUT2D eigenvalue weighted by atomic mass is 9.91. The third-order valence-corrected chi connectivity index (χ3v) is 5.73. The molecule has 1 amide bonds. The highest BCUT2D eigenvalue weighted by Gasteiger charge is 2.41. The Bertz CT molecular complexity index is 1290. The largest absolute Gasteiger partial charge is 0.382 e. The van der Waals surface area contributed by atoms with Gasteiger partial charge in [-0.15, -0.1) is 5.10 Å². The van der Waals surface area contributed by atoms with Gasteiger partial charge in [-0.2, -0.15) is 10.1 Å². The number of amides is 1. The molecule has 5 heterocycles. The van der Waals surface area contributed by atoms with E-state index in [-0.39, 0.29) is 24.2 Å². The number of alkyl halides is 1. The topological polar surface area (TPSA) is 119 Å². The molecular weight excluding hydrogens is 401 g/mol. The zero-order chi connectivity index (χ0) is 21.8. The van der Waals surface area contributed by atoms with E-state index in [0.29, 0.717) is 24.2 Å². The summed E-state index contributed by atoms with van der Waals surface area (Å²) in [4.78, 5) is 21.7. The van der Waals surface area contributed by atoms with Gasteiger partial charge in [-0.3, -0.25) is 4.79 Å². The van der Waals surface area contributed by atoms with Gasteiger partial charge in [0, 0.05) is 37.6 Å². The summed E-state index contributed by atoms with van der Waals surface area (Å²) >= 11 is 0. The fourth-order valence-corrected chi connectivity index (χ4v) is 4.07. The Hall–Kier alpha value is -3.76. The van der Waals surface area contributed by atoms with Crippen molar-refractivity contribution in [3.63, 3.8) is 0 Å². The van der Waals surface area contributed by atoms with Crippen LogP contribution in [0.1, 0.15) is 20.3 Å². The molecule has 10 nitrogen and oxygen atoms in total. The lowest BCUT2D eigenvalue weighted by Gasteiger charge is -2.41. The molecule has 5 rings (SSSR count). The zero-order valence-corrected chi connectivity index (χ0v) is 17.2. The molecule has 1 aliphatic heterocycles. The van der Waals surface area contributed by atoms with Gasteiger partial charge in [0.2, 0.25) is 11.9 Å². The van der Waals surface area contributed by atoms with Gasteiger partial charge in [0.05, 0.1) is 18.3 Å². The fraction of sp³-hybridized carbons (Fsp3) is 0.350. The number of nitrogens with one attached hydrogen (secondary N) is 1. The van der Waals surface area contributed by atoms with E-state index < -0.39 is 11.7 Å². The Morgan fingerprint density at radius 1 is 1.26 bits per heavy atom. The van der Waals surface area contributed by atoms with Crippen molar-refractivity contribution in [2.75, 3.05) is 24.1 Å². The van der Waals surface area contributed by atoms with E-state index in [0.717, 1.165) is 11.2 Å². The molecule has 1 saturated heterocycles. The number of rotatable bonds is 3. The first-order valence-corrected chi connectivity index (χ1v) is 9.98. The van der Waals surface area contributed by atoms with E-state index in [1.807, 2.05) is 18.2 Å². The van der Waals surface area contributed by atoms with E-state index >= 15 is 4.39 Å². The standard InChI is InChI=1S/C20H22FN9O/c1-12(31)28-8-6-15(20(2,21)11-28)24-19-25-18(22)17-13(5-9-30(17)27-19)14-3-4-16-23-7-10-29(16)26-14/h3-5,7,9-10,15H,6,8,11H2,1-2H3,(H3,22,24,25,27)/t15-,20?/m1/s1. The molecule has 0 saturated carbocycles. The van der Waals surface area contributed by atoms with Crippen LogP contribution in [0.25, 0.3) is 22.4 Å². The Kier molecular flexibility index (Phi) is 4.27. The molecule has 1 aliphatic rings. The van der Waals surface area contributed by atoms with Gasteiger partial charge in [0.15, 0.2) is 11.5 Å². The number of hydrogen-bond donors (Lipinski definition) is 2. The summed E-state index contributed by atoms with van der Waals surface area (Å²) in [5.74, 6) is 0.355. The third-order valence-electron chi connectivity index (χ3n) is 5.73. The van der Waals surface area contributed by atoms with Crippen molar-refractivity contribution in [2.45, 2.75) is 32.0 Å². The highest BCUT2D eigenvalue weighted by atomic mass is 19.1. The van der Waals surface area contributed by atoms with Crippen molar-refractivity contribution in [3.8, 4) is 11.3 Å². The van der Waals surface area contributed by atoms with E-state index in [1.54, 1.807) is 27.6 Å². The molecular formula is C20H22FN9O. The SMILES string of the molecule is CC(=O)N1CC[C@@H](Nc2nc(N)c3c(-c4ccc5nccn5n4)ccn3n2)C(C)(F)C1. The number of likely N-dealkylation sites (tertiary alicyclic amines) is 1. The molecule has 1 fully saturated rings. The summed E-state index contributed by atoms with van der Waals surface area (Å²) in [6.07, 6.45) is 5.66. The average Bonchev–Trinajstić information content (AvgIpc) is 3.35. The predicted octanol–water partition coefficient (Wildman–Crippen LogP) is 1.78. The fourth-order valence-electron chi connectivity index (χ4n) is 4.07. The van der Waals surface area contributed by atoms with Crippen molar-refractivity contribution < 1.29 is 9.18 Å². The van der Waals surface area contributed by atoms with E-state index in [2.05, 4.69) is 25.5 Å². The van der Waals surface area contributed by atoms with Crippen LogP contribution in [-0.4, -0.2) is 64.8 Å². The van der Waals surface area contributed by atoms with Crippen molar-refractivity contribution in [2.24, 2.45) is 0 Å². The highest BCUT2D eigenvalue weighted by molar-refractivity contribution is 5.86. The number of carbonyl (C=O) groups excluding carboxylic acids is 1. The van der Waals surface area contributed by atoms with Crippen LogP contribution in [0, 0.1) is 0 Å². The molecule has 2 atom stereocenters. The van der Waals surface area contributed by atoms with Crippen LogP contribution in [0.15, 0.2) is 36.8 Å². The quantitative estimate of drug-likeness (QED) is 0.516. The Morgan fingerprint density at radius 3 is 2.87 bits per heavy atom. The summed E-state index contributed by atoms with van der Waals surface area (Å²) in [5.41, 5.74) is 7.49. The van der Waals surface area contributed by atoms with Crippen LogP contribution < -0.4 is 11.1 Å². The molecule has 0 aliphatic carbocycles. The average molecular weight is 423 g/mol. The number of anilines is 2. The molecule has 0 aromatic carbocycles. The van der Waals surface area contributed by atoms with E-state index in [1.165, 1.54) is 18.7 Å². The maximum absolute atomic E-state index is 15.2. The molecule has 3 N–H and O–H groups in total. The van der Waals surface area contributed by atoms with Crippen LogP contribution in [0.3, 0.4) is 0 Å². The van der Waals surface area contributed by atoms with Gasteiger partial charge in [-0.05, 0) is 31.5 Å². The molecule has 4 aromatic heterocycles. The number of nitrogens with zero attached hydrogens (tertiary/aromatic N) is 7. The number of aromatic nitrogens is 6. The van der Waals surface area contributed by atoms with E-state index in [4.69, 9.17) is 5.73 Å². The van der Waals surface area contributed by atoms with Crippen molar-refractivity contribution >= 4 is 28.8 Å². The Labute approximate surface area is 176 Å². The number of halogens is 1. The molecule has 160 valence electrons. The first-order valence-electron chi connectivity index (χ1n) is 9.98. The molecule has 11 heteroatoms. The van der Waals surface area contributed by atoms with Crippen LogP contribution in [-0.2, 0) is 4.79 Å². The maximum atomic E-state index is 15.2. The highest BCUT2D eigenvalue weighted by Crippen LogP contribution is 2.30. The van der Waals surface area contributed by atoms with Gasteiger partial charge < -0.3 is 16.0 Å². The summed E-state index contributed by atoms with van der Waals surface area (Å²) < 4.78 is 18.5. The second-order valence-corrected chi connectivity index (χ2v) is 8.00. The molecule has 4 aromatic rings. The summed E-state index contributed by atoms with van der Waals surface area (Å²) in [6, 6.07) is 5.05. The van der Waals surface area contributed by atoms with E-state index in [9.17, 15) is 4.79 Å². The normalized spacial score (nSPS) is 21.6. The Morgan fingerprint density at radius 2 is 2.10 bits per heavy atom. The molecule has 31 heavy (non-hydrogen) atoms. The number of nitrogen functional groups attached to an aromatic ring is 1. The smallest absolute Gasteiger partial charge is 0.243 e. The molecule has 1 unspecified atom stereocenters. The Balaban J connectivity index is 1.45. The van der Waals surface area contributed by atoms with Crippen molar-refractivity contribution in [1.29, 1.82) is 0 Å². The van der Waals surface area contributed by atoms with Gasteiger partial charge >= 0.3 is 0 Å². The minimum atomic E-state index is -1.62. The van der Waals surface area contributed by atoms with Crippen molar-refractivity contribution in [3.05, 3.63) is 36.8 Å². The zero-order valence-electron chi connectivity index (χ0n) is 17.2. The van der Waals surface area contributed by atoms with Gasteiger partial charge in [0.1, 0.15) is 11.2 Å². The maximum Gasteiger partial charge on any atom is 0.243 e. The molecule has 0 bridgehead atoms. The summed E-state index contributed by atoms with van der Waals surface area (Å²) in [5, 5.41) is 12.1. The van der Waals surface area contributed by atoms with Gasteiger partial charge in [0.25, 0.3) is 0 Å². The number of hydrogen-bond acceptors (Lipinski definition) is 7. The van der Waals surface area contributed by atoms with Crippen LogP contribution >= 0.6 is 0 Å². The second-order valence-electron chi connectivity index (χ2n) is 8.00. The van der Waals surface area contributed by atoms with Gasteiger partial charge in [-0.1, -0.05) is 0 Å². The number of fused-ring (bicyclic) bond motifs is 2. The number of carbonyl (C=O) groups is 1. The van der Waals surface area contributed by atoms with Gasteiger partial charge in [-0.25, -0.2) is 18.4 Å². The third kappa shape index (κ3) is 3.31. The lowest BCUT2D eigenvalue weighted by Crippen LogP contribution is -2.56. The number of piperidine rings is 1. The number of imidazole rings is 1. The minimum absolute atomic E-state index is 0.0216. The molecule has 0 spiro atoms. The summed E-state index contributed by atoms with van der Waals surface area (Å²) in [7, 11) is 0. The second kappa shape index (κ2) is 6.89. The van der Waals surface area contributed by atoms with Crippen LogP contribution in [0.5, 0.6) is 0 Å². The summed E-state index contributed by atoms with van der Waals surface area (Å²) in [6.45, 7) is 3.42. The first kappa shape index (κ1) is 19.2.